The molecule has 0 saturated carbocycles. The predicted molar refractivity (Wildman–Crippen MR) is 79.6 cm³/mol. The standard InChI is InChI=1S/C15H16O5S/c16-10-7-19-15(14(18)13(10)17)20-11-5-1-4-9-8(11)3-2-6-12(9)21/h1-6,10,13-18,21H,7H2/t10-,13+,14-,15+/m1/s1. The number of rotatable bonds is 2. The molecule has 2 aromatic carbocycles. The molecule has 21 heavy (non-hydrogen) atoms. The van der Waals surface area contributed by atoms with Crippen LogP contribution in [-0.2, 0) is 4.74 Å². The highest BCUT2D eigenvalue weighted by Crippen LogP contribution is 2.31. The minimum Gasteiger partial charge on any atom is -0.461 e. The Hall–Kier alpha value is -1.31. The maximum Gasteiger partial charge on any atom is 0.228 e. The fourth-order valence-electron chi connectivity index (χ4n) is 2.38. The smallest absolute Gasteiger partial charge is 0.228 e. The monoisotopic (exact) mass is 308 g/mol. The van der Waals surface area contributed by atoms with Gasteiger partial charge in [0.2, 0.25) is 6.29 Å². The van der Waals surface area contributed by atoms with E-state index >= 15 is 0 Å². The summed E-state index contributed by atoms with van der Waals surface area (Å²) in [5.74, 6) is 0.524. The summed E-state index contributed by atoms with van der Waals surface area (Å²) >= 11 is 4.40. The number of thiol groups is 1. The summed E-state index contributed by atoms with van der Waals surface area (Å²) in [6, 6.07) is 11.1. The zero-order valence-corrected chi connectivity index (χ0v) is 12.0. The van der Waals surface area contributed by atoms with E-state index in [2.05, 4.69) is 12.6 Å². The molecule has 0 aromatic heterocycles. The Kier molecular flexibility index (Phi) is 4.05. The van der Waals surface area contributed by atoms with Crippen molar-refractivity contribution in [3.63, 3.8) is 0 Å². The van der Waals surface area contributed by atoms with E-state index in [9.17, 15) is 15.3 Å². The van der Waals surface area contributed by atoms with Crippen LogP contribution in [0.5, 0.6) is 5.75 Å². The average Bonchev–Trinajstić information content (AvgIpc) is 2.49. The molecule has 0 spiro atoms. The van der Waals surface area contributed by atoms with Gasteiger partial charge in [-0.1, -0.05) is 24.3 Å². The van der Waals surface area contributed by atoms with Crippen LogP contribution in [0.3, 0.4) is 0 Å². The second kappa shape index (κ2) is 5.82. The van der Waals surface area contributed by atoms with Gasteiger partial charge in [-0.15, -0.1) is 12.6 Å². The quantitative estimate of drug-likeness (QED) is 0.621. The number of hydrogen-bond acceptors (Lipinski definition) is 6. The van der Waals surface area contributed by atoms with Crippen LogP contribution >= 0.6 is 12.6 Å². The Balaban J connectivity index is 1.90. The van der Waals surface area contributed by atoms with Crippen LogP contribution in [-0.4, -0.2) is 46.5 Å². The molecule has 0 unspecified atom stereocenters. The summed E-state index contributed by atoms with van der Waals surface area (Å²) in [6.07, 6.45) is -4.75. The van der Waals surface area contributed by atoms with E-state index in [0.29, 0.717) is 5.75 Å². The molecule has 0 bridgehead atoms. The molecule has 1 saturated heterocycles. The van der Waals surface area contributed by atoms with E-state index in [1.165, 1.54) is 0 Å². The first-order valence-electron chi connectivity index (χ1n) is 6.61. The van der Waals surface area contributed by atoms with Crippen molar-refractivity contribution in [2.24, 2.45) is 0 Å². The van der Waals surface area contributed by atoms with E-state index in [1.807, 2.05) is 30.3 Å². The maximum absolute atomic E-state index is 9.92. The summed E-state index contributed by atoms with van der Waals surface area (Å²) in [6.45, 7) is -0.0918. The van der Waals surface area contributed by atoms with Gasteiger partial charge in [0.05, 0.1) is 6.61 Å². The highest BCUT2D eigenvalue weighted by atomic mass is 32.1. The molecule has 1 aliphatic heterocycles. The van der Waals surface area contributed by atoms with Crippen molar-refractivity contribution in [1.82, 2.24) is 0 Å². The molecular formula is C15H16O5S. The van der Waals surface area contributed by atoms with Gasteiger partial charge in [0.25, 0.3) is 0 Å². The van der Waals surface area contributed by atoms with Gasteiger partial charge >= 0.3 is 0 Å². The zero-order valence-electron chi connectivity index (χ0n) is 11.1. The Morgan fingerprint density at radius 2 is 1.71 bits per heavy atom. The predicted octanol–water partition coefficient (Wildman–Crippen LogP) is 0.946. The second-order valence-corrected chi connectivity index (χ2v) is 5.48. The molecule has 0 amide bonds. The highest BCUT2D eigenvalue weighted by molar-refractivity contribution is 7.80. The number of ether oxygens (including phenoxy) is 2. The van der Waals surface area contributed by atoms with E-state index in [1.54, 1.807) is 6.07 Å². The zero-order chi connectivity index (χ0) is 15.0. The van der Waals surface area contributed by atoms with E-state index < -0.39 is 24.6 Å². The molecule has 5 nitrogen and oxygen atoms in total. The Morgan fingerprint density at radius 1 is 1.00 bits per heavy atom. The lowest BCUT2D eigenvalue weighted by atomic mass is 10.1. The molecule has 1 aliphatic rings. The molecule has 1 fully saturated rings. The Labute approximate surface area is 127 Å². The van der Waals surface area contributed by atoms with E-state index in [-0.39, 0.29) is 6.61 Å². The minimum absolute atomic E-state index is 0.0918. The highest BCUT2D eigenvalue weighted by Gasteiger charge is 2.39. The van der Waals surface area contributed by atoms with Gasteiger partial charge in [0, 0.05) is 10.3 Å². The van der Waals surface area contributed by atoms with Crippen molar-refractivity contribution in [2.45, 2.75) is 29.5 Å². The Bertz CT molecular complexity index is 647. The van der Waals surface area contributed by atoms with Crippen LogP contribution in [0.4, 0.5) is 0 Å². The molecule has 4 atom stereocenters. The second-order valence-electron chi connectivity index (χ2n) is 5.00. The first-order chi connectivity index (χ1) is 10.1. The molecule has 0 radical (unpaired) electrons. The van der Waals surface area contributed by atoms with Crippen LogP contribution < -0.4 is 4.74 Å². The molecule has 3 N–H and O–H groups in total. The third-order valence-electron chi connectivity index (χ3n) is 3.56. The van der Waals surface area contributed by atoms with Crippen molar-refractivity contribution in [3.8, 4) is 5.75 Å². The van der Waals surface area contributed by atoms with Gasteiger partial charge in [0.1, 0.15) is 24.1 Å². The Morgan fingerprint density at radius 3 is 2.52 bits per heavy atom. The van der Waals surface area contributed by atoms with Crippen molar-refractivity contribution < 1.29 is 24.8 Å². The lowest BCUT2D eigenvalue weighted by Crippen LogP contribution is -2.54. The fourth-order valence-corrected chi connectivity index (χ4v) is 2.66. The first kappa shape index (κ1) is 14.6. The van der Waals surface area contributed by atoms with Crippen LogP contribution in [0, 0.1) is 0 Å². The summed E-state index contributed by atoms with van der Waals surface area (Å²) in [5, 5.41) is 30.8. The topological polar surface area (TPSA) is 79.2 Å². The van der Waals surface area contributed by atoms with Crippen LogP contribution in [0.15, 0.2) is 41.3 Å². The number of benzene rings is 2. The first-order valence-corrected chi connectivity index (χ1v) is 7.06. The summed E-state index contributed by atoms with van der Waals surface area (Å²) < 4.78 is 10.9. The van der Waals surface area contributed by atoms with Crippen molar-refractivity contribution in [3.05, 3.63) is 36.4 Å². The SMILES string of the molecule is O[C@@H]1[C@@H](O)[C@H](Oc2cccc3c(S)cccc23)OC[C@H]1O. The summed E-state index contributed by atoms with van der Waals surface area (Å²) in [4.78, 5) is 0.818. The average molecular weight is 308 g/mol. The van der Waals surface area contributed by atoms with Gasteiger partial charge in [-0.25, -0.2) is 0 Å². The van der Waals surface area contributed by atoms with Crippen molar-refractivity contribution in [1.29, 1.82) is 0 Å². The van der Waals surface area contributed by atoms with Gasteiger partial charge in [-0.2, -0.15) is 0 Å². The molecule has 2 aromatic rings. The molecule has 1 heterocycles. The van der Waals surface area contributed by atoms with Gasteiger partial charge in [-0.3, -0.25) is 0 Å². The molecular weight excluding hydrogens is 292 g/mol. The summed E-state index contributed by atoms with van der Waals surface area (Å²) in [5.41, 5.74) is 0. The van der Waals surface area contributed by atoms with E-state index in [0.717, 1.165) is 15.7 Å². The van der Waals surface area contributed by atoms with Gasteiger partial charge in [0.15, 0.2) is 0 Å². The third kappa shape index (κ3) is 2.73. The maximum atomic E-state index is 9.92. The fraction of sp³-hybridized carbons (Fsp3) is 0.333. The number of aliphatic hydroxyl groups is 3. The molecule has 112 valence electrons. The van der Waals surface area contributed by atoms with Crippen LogP contribution in [0.2, 0.25) is 0 Å². The molecule has 3 rings (SSSR count). The van der Waals surface area contributed by atoms with Crippen molar-refractivity contribution >= 4 is 23.4 Å². The van der Waals surface area contributed by atoms with Gasteiger partial charge < -0.3 is 24.8 Å². The van der Waals surface area contributed by atoms with Crippen molar-refractivity contribution in [2.75, 3.05) is 6.61 Å². The number of fused-ring (bicyclic) bond motifs is 1. The largest absolute Gasteiger partial charge is 0.461 e. The van der Waals surface area contributed by atoms with E-state index in [4.69, 9.17) is 9.47 Å². The normalized spacial score (nSPS) is 29.5. The molecule has 0 aliphatic carbocycles. The number of aliphatic hydroxyl groups excluding tert-OH is 3. The lowest BCUT2D eigenvalue weighted by Gasteiger charge is -2.35. The molecule has 6 heteroatoms. The lowest BCUT2D eigenvalue weighted by molar-refractivity contribution is -0.241. The van der Waals surface area contributed by atoms with Gasteiger partial charge in [-0.05, 0) is 17.5 Å². The summed E-state index contributed by atoms with van der Waals surface area (Å²) in [7, 11) is 0. The van der Waals surface area contributed by atoms with Crippen LogP contribution in [0.25, 0.3) is 10.8 Å². The minimum atomic E-state index is -1.32. The third-order valence-corrected chi connectivity index (χ3v) is 3.95. The van der Waals surface area contributed by atoms with Crippen LogP contribution in [0.1, 0.15) is 0 Å². The number of hydrogen-bond donors (Lipinski definition) is 4.